The minimum atomic E-state index is -0.876. The first-order valence-electron chi connectivity index (χ1n) is 10.3. The van der Waals surface area contributed by atoms with E-state index in [0.717, 1.165) is 11.1 Å². The number of carboxylic acid groups (broad SMARTS) is 1. The summed E-state index contributed by atoms with van der Waals surface area (Å²) in [7, 11) is 0. The van der Waals surface area contributed by atoms with Crippen molar-refractivity contribution >= 4 is 24.4 Å². The summed E-state index contributed by atoms with van der Waals surface area (Å²) in [5.74, 6) is -0.784. The normalized spacial score (nSPS) is 10.9. The number of nitrogens with zero attached hydrogens (tertiary/aromatic N) is 2. The van der Waals surface area contributed by atoms with E-state index >= 15 is 0 Å². The minimum absolute atomic E-state index is 0.0263. The third kappa shape index (κ3) is 5.76. The van der Waals surface area contributed by atoms with Crippen molar-refractivity contribution in [2.24, 2.45) is 0 Å². The van der Waals surface area contributed by atoms with Crippen molar-refractivity contribution in [1.82, 2.24) is 9.13 Å². The Bertz CT molecular complexity index is 1090. The number of carbonyl (C=O) groups is 2. The van der Waals surface area contributed by atoms with Gasteiger partial charge >= 0.3 is 11.7 Å². The molecule has 3 aromatic rings. The van der Waals surface area contributed by atoms with Crippen LogP contribution in [-0.4, -0.2) is 26.0 Å². The molecule has 0 fully saturated rings. The van der Waals surface area contributed by atoms with Crippen LogP contribution in [-0.2, 0) is 23.6 Å². The van der Waals surface area contributed by atoms with Gasteiger partial charge in [-0.1, -0.05) is 60.7 Å². The summed E-state index contributed by atoms with van der Waals surface area (Å²) in [6.07, 6.45) is 1.10. The lowest BCUT2D eigenvalue weighted by Gasteiger charge is -2.09. The van der Waals surface area contributed by atoms with Gasteiger partial charge in [0.25, 0.3) is 0 Å². The second-order valence-corrected chi connectivity index (χ2v) is 7.72. The highest BCUT2D eigenvalue weighted by Gasteiger charge is 2.24. The molecule has 162 valence electrons. The van der Waals surface area contributed by atoms with Crippen LogP contribution in [0.1, 0.15) is 53.0 Å². The predicted octanol–water partition coefficient (Wildman–Crippen LogP) is 4.00. The number of imidazole rings is 1. The van der Waals surface area contributed by atoms with E-state index in [1.807, 2.05) is 60.7 Å². The monoisotopic (exact) mass is 438 g/mol. The summed E-state index contributed by atoms with van der Waals surface area (Å²) >= 11 is 4.43. The van der Waals surface area contributed by atoms with Crippen LogP contribution in [0.25, 0.3) is 0 Å². The van der Waals surface area contributed by atoms with E-state index in [0.29, 0.717) is 37.3 Å². The van der Waals surface area contributed by atoms with Gasteiger partial charge in [0.15, 0.2) is 5.78 Å². The summed E-state index contributed by atoms with van der Waals surface area (Å²) in [5.41, 5.74) is 2.61. The van der Waals surface area contributed by atoms with Crippen molar-refractivity contribution in [1.29, 1.82) is 0 Å². The number of aliphatic carboxylic acids is 1. The molecule has 31 heavy (non-hydrogen) atoms. The van der Waals surface area contributed by atoms with E-state index < -0.39 is 5.97 Å². The molecule has 0 aliphatic carbocycles. The molecule has 1 N–H and O–H groups in total. The molecule has 3 rings (SSSR count). The van der Waals surface area contributed by atoms with Crippen molar-refractivity contribution in [3.8, 4) is 0 Å². The maximum absolute atomic E-state index is 13.4. The molecule has 2 aromatic carbocycles. The van der Waals surface area contributed by atoms with Crippen molar-refractivity contribution < 1.29 is 14.7 Å². The SMILES string of the molecule is O=C(O)CCCCC(=O)c1c(CS)n(Cc2ccccc2)c(=O)n1Cc1ccccc1. The molecular weight excluding hydrogens is 412 g/mol. The number of thiol groups is 1. The lowest BCUT2D eigenvalue weighted by atomic mass is 10.1. The van der Waals surface area contributed by atoms with Gasteiger partial charge in [0.05, 0.1) is 18.8 Å². The van der Waals surface area contributed by atoms with E-state index in [2.05, 4.69) is 12.6 Å². The van der Waals surface area contributed by atoms with Gasteiger partial charge in [0.2, 0.25) is 0 Å². The molecule has 0 unspecified atom stereocenters. The van der Waals surface area contributed by atoms with Crippen LogP contribution in [0.2, 0.25) is 0 Å². The molecule has 0 bridgehead atoms. The number of benzene rings is 2. The third-order valence-electron chi connectivity index (χ3n) is 5.16. The van der Waals surface area contributed by atoms with Gasteiger partial charge in [0, 0.05) is 18.6 Å². The van der Waals surface area contributed by atoms with Crippen molar-refractivity contribution in [3.05, 3.63) is 93.7 Å². The highest BCUT2D eigenvalue weighted by molar-refractivity contribution is 7.79. The maximum Gasteiger partial charge on any atom is 0.329 e. The maximum atomic E-state index is 13.4. The van der Waals surface area contributed by atoms with Crippen LogP contribution in [0, 0.1) is 0 Å². The molecule has 6 nitrogen and oxygen atoms in total. The van der Waals surface area contributed by atoms with Crippen LogP contribution in [0.15, 0.2) is 65.5 Å². The molecule has 0 radical (unpaired) electrons. The Balaban J connectivity index is 1.98. The largest absolute Gasteiger partial charge is 0.481 e. The van der Waals surface area contributed by atoms with E-state index in [4.69, 9.17) is 5.11 Å². The van der Waals surface area contributed by atoms with Crippen molar-refractivity contribution in [2.45, 2.75) is 44.5 Å². The smallest absolute Gasteiger partial charge is 0.329 e. The first-order valence-corrected chi connectivity index (χ1v) is 10.9. The summed E-state index contributed by atoms with van der Waals surface area (Å²) in [6, 6.07) is 19.2. The van der Waals surface area contributed by atoms with Gasteiger partial charge in [-0.05, 0) is 24.0 Å². The molecule has 0 saturated heterocycles. The number of hydrogen-bond acceptors (Lipinski definition) is 4. The molecular formula is C24H26N2O4S. The number of ketones is 1. The Labute approximate surface area is 186 Å². The average Bonchev–Trinajstić information content (AvgIpc) is 3.03. The number of unbranched alkanes of at least 4 members (excludes halogenated alkanes) is 1. The summed E-state index contributed by atoms with van der Waals surface area (Å²) in [6.45, 7) is 0.648. The second kappa shape index (κ2) is 10.8. The molecule has 0 aliphatic heterocycles. The number of aromatic nitrogens is 2. The lowest BCUT2D eigenvalue weighted by Crippen LogP contribution is -2.27. The zero-order chi connectivity index (χ0) is 22.2. The number of hydrogen-bond donors (Lipinski definition) is 2. The molecule has 0 aliphatic rings. The van der Waals surface area contributed by atoms with E-state index in [-0.39, 0.29) is 30.1 Å². The topological polar surface area (TPSA) is 81.3 Å². The quantitative estimate of drug-likeness (QED) is 0.269. The van der Waals surface area contributed by atoms with Gasteiger partial charge in [-0.3, -0.25) is 18.7 Å². The van der Waals surface area contributed by atoms with E-state index in [9.17, 15) is 14.4 Å². The molecule has 0 saturated carbocycles. The molecule has 0 amide bonds. The number of rotatable bonds is 11. The Hall–Kier alpha value is -3.06. The predicted molar refractivity (Wildman–Crippen MR) is 123 cm³/mol. The molecule has 1 aromatic heterocycles. The Morgan fingerprint density at radius 1 is 0.806 bits per heavy atom. The zero-order valence-corrected chi connectivity index (χ0v) is 18.1. The fourth-order valence-corrected chi connectivity index (χ4v) is 3.95. The highest BCUT2D eigenvalue weighted by atomic mass is 32.1. The standard InChI is InChI=1S/C24H26N2O4S/c27-21(13-7-8-14-22(28)29)23-20(17-31)25(15-18-9-3-1-4-10-18)24(30)26(23)16-19-11-5-2-6-12-19/h1-6,9-12,31H,7-8,13-17H2,(H,28,29). The van der Waals surface area contributed by atoms with Gasteiger partial charge in [-0.15, -0.1) is 0 Å². The average molecular weight is 439 g/mol. The van der Waals surface area contributed by atoms with Gasteiger partial charge in [-0.2, -0.15) is 12.6 Å². The number of Topliss-reactive ketones (excluding diaryl/α,β-unsaturated/α-hetero) is 1. The van der Waals surface area contributed by atoms with Gasteiger partial charge in [-0.25, -0.2) is 4.79 Å². The number of carbonyl (C=O) groups excluding carboxylic acids is 1. The van der Waals surface area contributed by atoms with Crippen LogP contribution in [0.4, 0.5) is 0 Å². The first kappa shape index (κ1) is 22.6. The number of carboxylic acids is 1. The second-order valence-electron chi connectivity index (χ2n) is 7.40. The zero-order valence-electron chi connectivity index (χ0n) is 17.2. The minimum Gasteiger partial charge on any atom is -0.481 e. The van der Waals surface area contributed by atoms with E-state index in [1.165, 1.54) is 4.57 Å². The van der Waals surface area contributed by atoms with E-state index in [1.54, 1.807) is 4.57 Å². The van der Waals surface area contributed by atoms with Crippen LogP contribution in [0.3, 0.4) is 0 Å². The molecule has 1 heterocycles. The Kier molecular flexibility index (Phi) is 7.89. The van der Waals surface area contributed by atoms with Crippen molar-refractivity contribution in [3.63, 3.8) is 0 Å². The molecule has 0 atom stereocenters. The summed E-state index contributed by atoms with van der Waals surface area (Å²) < 4.78 is 3.15. The van der Waals surface area contributed by atoms with Gasteiger partial charge < -0.3 is 5.11 Å². The Morgan fingerprint density at radius 3 is 1.84 bits per heavy atom. The molecule has 7 heteroatoms. The first-order chi connectivity index (χ1) is 15.0. The Morgan fingerprint density at radius 2 is 1.32 bits per heavy atom. The lowest BCUT2D eigenvalue weighted by molar-refractivity contribution is -0.137. The van der Waals surface area contributed by atoms with Crippen molar-refractivity contribution in [2.75, 3.05) is 0 Å². The van der Waals surface area contributed by atoms with Crippen LogP contribution in [0.5, 0.6) is 0 Å². The molecule has 0 spiro atoms. The summed E-state index contributed by atoms with van der Waals surface area (Å²) in [5, 5.41) is 8.82. The van der Waals surface area contributed by atoms with Gasteiger partial charge in [0.1, 0.15) is 5.69 Å². The highest BCUT2D eigenvalue weighted by Crippen LogP contribution is 2.18. The third-order valence-corrected chi connectivity index (χ3v) is 5.46. The van der Waals surface area contributed by atoms with Crippen LogP contribution < -0.4 is 5.69 Å². The fourth-order valence-electron chi connectivity index (χ4n) is 3.63. The van der Waals surface area contributed by atoms with Crippen LogP contribution >= 0.6 is 12.6 Å². The fraction of sp³-hybridized carbons (Fsp3) is 0.292. The summed E-state index contributed by atoms with van der Waals surface area (Å²) in [4.78, 5) is 37.3.